The van der Waals surface area contributed by atoms with Gasteiger partial charge in [0, 0.05) is 18.0 Å². The zero-order chi connectivity index (χ0) is 17.1. The second kappa shape index (κ2) is 7.68. The third-order valence-electron chi connectivity index (χ3n) is 4.70. The molecule has 3 rings (SSSR count). The van der Waals surface area contributed by atoms with Gasteiger partial charge in [0.05, 0.1) is 17.4 Å². The van der Waals surface area contributed by atoms with E-state index >= 15 is 0 Å². The number of hydrogen-bond donors (Lipinski definition) is 0. The first kappa shape index (κ1) is 17.5. The van der Waals surface area contributed by atoms with Crippen molar-refractivity contribution in [3.05, 3.63) is 56.7 Å². The lowest BCUT2D eigenvalue weighted by atomic mass is 9.87. The molecule has 1 aromatic carbocycles. The van der Waals surface area contributed by atoms with Gasteiger partial charge in [0.15, 0.2) is 0 Å². The van der Waals surface area contributed by atoms with Gasteiger partial charge in [0.25, 0.3) is 0 Å². The van der Waals surface area contributed by atoms with Gasteiger partial charge in [-0.3, -0.25) is 9.69 Å². The summed E-state index contributed by atoms with van der Waals surface area (Å²) in [7, 11) is 3.92. The van der Waals surface area contributed by atoms with E-state index < -0.39 is 0 Å². The van der Waals surface area contributed by atoms with E-state index in [1.165, 1.54) is 28.9 Å². The van der Waals surface area contributed by atoms with Crippen molar-refractivity contribution in [2.45, 2.75) is 31.8 Å². The molecule has 0 aliphatic heterocycles. The second-order valence-corrected chi connectivity index (χ2v) is 8.28. The van der Waals surface area contributed by atoms with Crippen molar-refractivity contribution >= 4 is 28.8 Å². The zero-order valence-electron chi connectivity index (χ0n) is 14.2. The molecule has 0 saturated carbocycles. The van der Waals surface area contributed by atoms with E-state index in [2.05, 4.69) is 36.2 Å². The van der Waals surface area contributed by atoms with Crippen molar-refractivity contribution in [2.75, 3.05) is 20.6 Å². The van der Waals surface area contributed by atoms with Crippen molar-refractivity contribution < 1.29 is 4.79 Å². The van der Waals surface area contributed by atoms with Crippen LogP contribution >= 0.6 is 22.9 Å². The first-order valence-electron chi connectivity index (χ1n) is 8.31. The van der Waals surface area contributed by atoms with E-state index in [1.54, 1.807) is 4.90 Å². The maximum atomic E-state index is 12.6. The summed E-state index contributed by atoms with van der Waals surface area (Å²) in [6, 6.07) is 12.8. The van der Waals surface area contributed by atoms with Crippen LogP contribution in [0, 0.1) is 0 Å². The number of aryl methyl sites for hydroxylation is 1. The fourth-order valence-electron chi connectivity index (χ4n) is 3.39. The first-order valence-corrected chi connectivity index (χ1v) is 9.50. The number of amides is 1. The van der Waals surface area contributed by atoms with E-state index in [0.717, 1.165) is 22.1 Å². The lowest BCUT2D eigenvalue weighted by Crippen LogP contribution is -2.38. The van der Waals surface area contributed by atoms with Crippen molar-refractivity contribution in [1.82, 2.24) is 9.80 Å². The lowest BCUT2D eigenvalue weighted by Gasteiger charge is -2.33. The fraction of sp³-hybridized carbons (Fsp3) is 0.421. The summed E-state index contributed by atoms with van der Waals surface area (Å²) in [5.41, 5.74) is 2.81. The van der Waals surface area contributed by atoms with Gasteiger partial charge in [-0.2, -0.15) is 0 Å². The SMILES string of the molecule is CN(Cc1ccc(Cl)s1)C(=O)CN(C)[C@H]1CCCc2ccccc21. The summed E-state index contributed by atoms with van der Waals surface area (Å²) in [4.78, 5) is 17.7. The Labute approximate surface area is 152 Å². The number of thiophene rings is 1. The number of fused-ring (bicyclic) bond motifs is 1. The predicted octanol–water partition coefficient (Wildman–Crippen LogP) is 4.37. The highest BCUT2D eigenvalue weighted by molar-refractivity contribution is 7.16. The molecule has 0 saturated heterocycles. The van der Waals surface area contributed by atoms with Crippen LogP contribution in [-0.2, 0) is 17.8 Å². The highest BCUT2D eigenvalue weighted by atomic mass is 35.5. The molecular formula is C19H23ClN2OS. The molecule has 1 amide bonds. The minimum Gasteiger partial charge on any atom is -0.340 e. The van der Waals surface area contributed by atoms with Gasteiger partial charge < -0.3 is 4.90 Å². The Balaban J connectivity index is 1.62. The average molecular weight is 363 g/mol. The largest absolute Gasteiger partial charge is 0.340 e. The quantitative estimate of drug-likeness (QED) is 0.788. The zero-order valence-corrected chi connectivity index (χ0v) is 15.7. The molecule has 0 spiro atoms. The third kappa shape index (κ3) is 4.00. The Hall–Kier alpha value is -1.36. The second-order valence-electron chi connectivity index (χ2n) is 6.48. The molecule has 1 atom stereocenters. The smallest absolute Gasteiger partial charge is 0.236 e. The van der Waals surface area contributed by atoms with Gasteiger partial charge in [-0.15, -0.1) is 11.3 Å². The third-order valence-corrected chi connectivity index (χ3v) is 5.92. The Morgan fingerprint density at radius 3 is 2.79 bits per heavy atom. The topological polar surface area (TPSA) is 23.6 Å². The summed E-state index contributed by atoms with van der Waals surface area (Å²) in [5, 5.41) is 0. The standard InChI is InChI=1S/C19H23ClN2OS/c1-21(17-9-5-7-14-6-3-4-8-16(14)17)13-19(23)22(2)12-15-10-11-18(20)24-15/h3-4,6,8,10-11,17H,5,7,9,12-13H2,1-2H3/t17-/m0/s1. The van der Waals surface area contributed by atoms with Crippen LogP contribution in [0.5, 0.6) is 0 Å². The van der Waals surface area contributed by atoms with Crippen LogP contribution in [-0.4, -0.2) is 36.3 Å². The van der Waals surface area contributed by atoms with Crippen LogP contribution < -0.4 is 0 Å². The normalized spacial score (nSPS) is 16.9. The van der Waals surface area contributed by atoms with Gasteiger partial charge in [0.2, 0.25) is 5.91 Å². The summed E-state index contributed by atoms with van der Waals surface area (Å²) in [5.74, 6) is 0.144. The number of carbonyl (C=O) groups excluding carboxylic acids is 1. The molecule has 2 aromatic rings. The molecule has 0 unspecified atom stereocenters. The molecule has 1 aromatic heterocycles. The number of halogens is 1. The van der Waals surface area contributed by atoms with Crippen LogP contribution in [0.4, 0.5) is 0 Å². The number of rotatable bonds is 5. The summed E-state index contributed by atoms with van der Waals surface area (Å²) < 4.78 is 0.766. The molecule has 3 nitrogen and oxygen atoms in total. The minimum atomic E-state index is 0.144. The van der Waals surface area contributed by atoms with Gasteiger partial charge in [-0.05, 0) is 49.6 Å². The Bertz CT molecular complexity index is 715. The van der Waals surface area contributed by atoms with E-state index in [-0.39, 0.29) is 5.91 Å². The van der Waals surface area contributed by atoms with Crippen LogP contribution in [0.15, 0.2) is 36.4 Å². The predicted molar refractivity (Wildman–Crippen MR) is 101 cm³/mol. The van der Waals surface area contributed by atoms with E-state index in [9.17, 15) is 4.79 Å². The number of likely N-dealkylation sites (N-methyl/N-ethyl adjacent to an activating group) is 2. The lowest BCUT2D eigenvalue weighted by molar-refractivity contribution is -0.131. The van der Waals surface area contributed by atoms with Crippen LogP contribution in [0.3, 0.4) is 0 Å². The number of benzene rings is 1. The Morgan fingerprint density at radius 1 is 1.25 bits per heavy atom. The molecule has 128 valence electrons. The van der Waals surface area contributed by atoms with E-state index in [1.807, 2.05) is 19.2 Å². The van der Waals surface area contributed by atoms with Crippen molar-refractivity contribution in [3.8, 4) is 0 Å². The molecule has 1 aliphatic rings. The molecule has 0 fully saturated rings. The monoisotopic (exact) mass is 362 g/mol. The van der Waals surface area contributed by atoms with Crippen molar-refractivity contribution in [2.24, 2.45) is 0 Å². The van der Waals surface area contributed by atoms with Gasteiger partial charge in [-0.1, -0.05) is 35.9 Å². The van der Waals surface area contributed by atoms with E-state index in [4.69, 9.17) is 11.6 Å². The summed E-state index contributed by atoms with van der Waals surface area (Å²) in [6.07, 6.45) is 3.45. The molecule has 1 heterocycles. The Kier molecular flexibility index (Phi) is 5.59. The van der Waals surface area contributed by atoms with Gasteiger partial charge in [-0.25, -0.2) is 0 Å². The summed E-state index contributed by atoms with van der Waals surface area (Å²) >= 11 is 7.49. The fourth-order valence-corrected chi connectivity index (χ4v) is 4.53. The van der Waals surface area contributed by atoms with Crippen molar-refractivity contribution in [1.29, 1.82) is 0 Å². The highest BCUT2D eigenvalue weighted by Gasteiger charge is 2.25. The maximum absolute atomic E-state index is 12.6. The molecule has 24 heavy (non-hydrogen) atoms. The minimum absolute atomic E-state index is 0.144. The molecular weight excluding hydrogens is 340 g/mol. The van der Waals surface area contributed by atoms with Crippen molar-refractivity contribution in [3.63, 3.8) is 0 Å². The molecule has 0 N–H and O–H groups in total. The summed E-state index contributed by atoms with van der Waals surface area (Å²) in [6.45, 7) is 1.06. The van der Waals surface area contributed by atoms with Crippen LogP contribution in [0.25, 0.3) is 0 Å². The van der Waals surface area contributed by atoms with Gasteiger partial charge in [0.1, 0.15) is 0 Å². The van der Waals surface area contributed by atoms with Crippen LogP contribution in [0.2, 0.25) is 4.34 Å². The molecule has 0 bridgehead atoms. The number of nitrogens with zero attached hydrogens (tertiary/aromatic N) is 2. The molecule has 5 heteroatoms. The number of carbonyl (C=O) groups is 1. The molecule has 1 aliphatic carbocycles. The first-order chi connectivity index (χ1) is 11.5. The average Bonchev–Trinajstić information content (AvgIpc) is 2.99. The molecule has 0 radical (unpaired) electrons. The number of hydrogen-bond acceptors (Lipinski definition) is 3. The van der Waals surface area contributed by atoms with Gasteiger partial charge >= 0.3 is 0 Å². The van der Waals surface area contributed by atoms with E-state index in [0.29, 0.717) is 19.1 Å². The van der Waals surface area contributed by atoms with Crippen LogP contribution in [0.1, 0.15) is 34.9 Å². The highest BCUT2D eigenvalue weighted by Crippen LogP contribution is 2.33. The Morgan fingerprint density at radius 2 is 2.04 bits per heavy atom. The maximum Gasteiger partial charge on any atom is 0.236 e.